The highest BCUT2D eigenvalue weighted by Gasteiger charge is 2.42. The van der Waals surface area contributed by atoms with Gasteiger partial charge >= 0.3 is 5.97 Å². The average Bonchev–Trinajstić information content (AvgIpc) is 3.32. The van der Waals surface area contributed by atoms with Crippen LogP contribution in [0.15, 0.2) is 0 Å². The van der Waals surface area contributed by atoms with Crippen molar-refractivity contribution in [3.8, 4) is 0 Å². The van der Waals surface area contributed by atoms with E-state index in [1.54, 1.807) is 0 Å². The van der Waals surface area contributed by atoms with Gasteiger partial charge in [0.05, 0.1) is 12.2 Å². The number of nitrogens with one attached hydrogen (secondary N) is 1. The van der Waals surface area contributed by atoms with Gasteiger partial charge in [-0.25, -0.2) is 4.79 Å². The summed E-state index contributed by atoms with van der Waals surface area (Å²) in [5.74, 6) is -3.00. The van der Waals surface area contributed by atoms with Crippen LogP contribution in [0.5, 0.6) is 0 Å². The first-order valence-corrected chi connectivity index (χ1v) is 9.82. The zero-order valence-corrected chi connectivity index (χ0v) is 16.7. The molecule has 2 saturated heterocycles. The molecule has 3 amide bonds. The van der Waals surface area contributed by atoms with Crippen LogP contribution in [0.1, 0.15) is 39.5 Å². The fourth-order valence-corrected chi connectivity index (χ4v) is 3.80. The number of aliphatic hydroxyl groups is 2. The molecule has 0 aromatic rings. The van der Waals surface area contributed by atoms with E-state index < -0.39 is 60.1 Å². The predicted octanol–water partition coefficient (Wildman–Crippen LogP) is -2.37. The van der Waals surface area contributed by atoms with E-state index in [0.717, 1.165) is 4.90 Å². The minimum atomic E-state index is -1.33. The summed E-state index contributed by atoms with van der Waals surface area (Å²) in [5.41, 5.74) is 5.70. The third-order valence-corrected chi connectivity index (χ3v) is 5.51. The van der Waals surface area contributed by atoms with Gasteiger partial charge in [0.25, 0.3) is 0 Å². The highest BCUT2D eigenvalue weighted by Crippen LogP contribution is 2.21. The fraction of sp³-hybridized carbons (Fsp3) is 0.778. The number of amides is 3. The van der Waals surface area contributed by atoms with Crippen LogP contribution in [0, 0.1) is 0 Å². The monoisotopic (exact) mass is 414 g/mol. The lowest BCUT2D eigenvalue weighted by Crippen LogP contribution is -2.60. The molecule has 11 nitrogen and oxygen atoms in total. The van der Waals surface area contributed by atoms with Crippen molar-refractivity contribution in [3.63, 3.8) is 0 Å². The van der Waals surface area contributed by atoms with Crippen molar-refractivity contribution in [2.45, 2.75) is 75.9 Å². The van der Waals surface area contributed by atoms with Crippen molar-refractivity contribution < 1.29 is 34.5 Å². The molecular formula is C18H30N4O7. The molecule has 2 aliphatic heterocycles. The summed E-state index contributed by atoms with van der Waals surface area (Å²) < 4.78 is 0. The minimum Gasteiger partial charge on any atom is -0.480 e. The van der Waals surface area contributed by atoms with Gasteiger partial charge in [0.2, 0.25) is 17.7 Å². The second kappa shape index (κ2) is 9.51. The highest BCUT2D eigenvalue weighted by molar-refractivity contribution is 5.95. The van der Waals surface area contributed by atoms with Gasteiger partial charge in [-0.1, -0.05) is 0 Å². The molecule has 6 N–H and O–H groups in total. The van der Waals surface area contributed by atoms with Crippen LogP contribution in [0.25, 0.3) is 0 Å². The number of hydrogen-bond donors (Lipinski definition) is 5. The van der Waals surface area contributed by atoms with Crippen molar-refractivity contribution in [2.75, 3.05) is 13.1 Å². The molecule has 11 heteroatoms. The Morgan fingerprint density at radius 2 is 1.45 bits per heavy atom. The Morgan fingerprint density at radius 3 is 1.93 bits per heavy atom. The largest absolute Gasteiger partial charge is 0.480 e. The minimum absolute atomic E-state index is 0.228. The fourth-order valence-electron chi connectivity index (χ4n) is 3.80. The molecule has 29 heavy (non-hydrogen) atoms. The van der Waals surface area contributed by atoms with Gasteiger partial charge in [0.15, 0.2) is 0 Å². The van der Waals surface area contributed by atoms with Gasteiger partial charge in [-0.15, -0.1) is 0 Å². The van der Waals surface area contributed by atoms with Gasteiger partial charge in [-0.3, -0.25) is 14.4 Å². The molecule has 2 fully saturated rings. The predicted molar refractivity (Wildman–Crippen MR) is 100 cm³/mol. The molecule has 2 aliphatic rings. The zero-order chi connectivity index (χ0) is 21.9. The molecule has 0 bridgehead atoms. The molecule has 0 radical (unpaired) electrons. The summed E-state index contributed by atoms with van der Waals surface area (Å²) in [5, 5.41) is 31.4. The SMILES string of the molecule is CC(O)C(N)C(=O)N1CCCC1C(=O)NC(C(=O)N1CCCC1C(=O)O)C(C)O. The Labute approximate surface area is 168 Å². The lowest BCUT2D eigenvalue weighted by atomic mass is 10.1. The average molecular weight is 414 g/mol. The van der Waals surface area contributed by atoms with E-state index in [1.807, 2.05) is 0 Å². The van der Waals surface area contributed by atoms with Crippen molar-refractivity contribution in [3.05, 3.63) is 0 Å². The number of carbonyl (C=O) groups is 4. The summed E-state index contributed by atoms with van der Waals surface area (Å²) in [6, 6.07) is -4.37. The smallest absolute Gasteiger partial charge is 0.326 e. The van der Waals surface area contributed by atoms with Crippen molar-refractivity contribution in [1.29, 1.82) is 0 Å². The Bertz CT molecular complexity index is 654. The Balaban J connectivity index is 2.11. The maximum atomic E-state index is 12.8. The van der Waals surface area contributed by atoms with Gasteiger partial charge in [-0.05, 0) is 39.5 Å². The molecule has 0 aromatic heterocycles. The number of carbonyl (C=O) groups excluding carboxylic acids is 3. The molecule has 0 saturated carbocycles. The molecule has 164 valence electrons. The van der Waals surface area contributed by atoms with Crippen molar-refractivity contribution in [1.82, 2.24) is 15.1 Å². The topological polar surface area (TPSA) is 173 Å². The Hall–Kier alpha value is -2.24. The number of nitrogens with two attached hydrogens (primary N) is 1. The van der Waals surface area contributed by atoms with E-state index in [1.165, 1.54) is 18.7 Å². The number of rotatable bonds is 7. The quantitative estimate of drug-likeness (QED) is 0.307. The number of carboxylic acids is 1. The van der Waals surface area contributed by atoms with Gasteiger partial charge in [0, 0.05) is 13.1 Å². The molecule has 0 aliphatic carbocycles. The van der Waals surface area contributed by atoms with Crippen LogP contribution >= 0.6 is 0 Å². The molecular weight excluding hydrogens is 384 g/mol. The maximum Gasteiger partial charge on any atom is 0.326 e. The molecule has 2 heterocycles. The van der Waals surface area contributed by atoms with Crippen LogP contribution in [0.3, 0.4) is 0 Å². The van der Waals surface area contributed by atoms with E-state index in [9.17, 15) is 34.5 Å². The van der Waals surface area contributed by atoms with Gasteiger partial charge < -0.3 is 36.2 Å². The highest BCUT2D eigenvalue weighted by atomic mass is 16.4. The van der Waals surface area contributed by atoms with E-state index in [-0.39, 0.29) is 13.1 Å². The summed E-state index contributed by atoms with van der Waals surface area (Å²) in [6.45, 7) is 3.23. The number of hydrogen-bond acceptors (Lipinski definition) is 7. The molecule has 6 unspecified atom stereocenters. The van der Waals surface area contributed by atoms with E-state index in [4.69, 9.17) is 5.73 Å². The van der Waals surface area contributed by atoms with Crippen LogP contribution < -0.4 is 11.1 Å². The van der Waals surface area contributed by atoms with E-state index in [2.05, 4.69) is 5.32 Å². The first kappa shape index (κ1) is 23.0. The molecule has 6 atom stereocenters. The molecule has 2 rings (SSSR count). The molecule has 0 spiro atoms. The first-order chi connectivity index (χ1) is 13.6. The maximum absolute atomic E-state index is 12.8. The van der Waals surface area contributed by atoms with Crippen LogP contribution in [-0.4, -0.2) is 98.3 Å². The van der Waals surface area contributed by atoms with Gasteiger partial charge in [-0.2, -0.15) is 0 Å². The standard InChI is InChI=1S/C18H30N4O7/c1-9(23)13(19)16(26)21-7-3-5-11(21)15(25)20-14(10(2)24)17(27)22-8-4-6-12(22)18(28)29/h9-14,23-24H,3-8,19H2,1-2H3,(H,20,25)(H,28,29). The van der Waals surface area contributed by atoms with Crippen LogP contribution in [0.2, 0.25) is 0 Å². The molecule has 0 aromatic carbocycles. The normalized spacial score (nSPS) is 26.0. The van der Waals surface area contributed by atoms with E-state index in [0.29, 0.717) is 25.7 Å². The second-order valence-corrected chi connectivity index (χ2v) is 7.71. The zero-order valence-electron chi connectivity index (χ0n) is 16.7. The number of likely N-dealkylation sites (tertiary alicyclic amines) is 2. The van der Waals surface area contributed by atoms with Crippen LogP contribution in [0.4, 0.5) is 0 Å². The Morgan fingerprint density at radius 1 is 0.931 bits per heavy atom. The third-order valence-electron chi connectivity index (χ3n) is 5.51. The summed E-state index contributed by atoms with van der Waals surface area (Å²) in [6.07, 6.45) is -0.605. The van der Waals surface area contributed by atoms with Crippen molar-refractivity contribution in [2.24, 2.45) is 5.73 Å². The lowest BCUT2D eigenvalue weighted by Gasteiger charge is -2.31. The summed E-state index contributed by atoms with van der Waals surface area (Å²) in [7, 11) is 0. The first-order valence-electron chi connectivity index (χ1n) is 9.82. The van der Waals surface area contributed by atoms with Gasteiger partial charge in [0.1, 0.15) is 24.2 Å². The Kier molecular flexibility index (Phi) is 7.55. The van der Waals surface area contributed by atoms with Crippen LogP contribution in [-0.2, 0) is 19.2 Å². The van der Waals surface area contributed by atoms with E-state index >= 15 is 0 Å². The lowest BCUT2D eigenvalue weighted by molar-refractivity contribution is -0.151. The number of carboxylic acid groups (broad SMARTS) is 1. The number of nitrogens with zero attached hydrogens (tertiary/aromatic N) is 2. The number of aliphatic carboxylic acids is 1. The second-order valence-electron chi connectivity index (χ2n) is 7.71. The summed E-state index contributed by atoms with van der Waals surface area (Å²) >= 11 is 0. The van der Waals surface area contributed by atoms with Crippen molar-refractivity contribution >= 4 is 23.7 Å². The number of aliphatic hydroxyl groups excluding tert-OH is 2. The summed E-state index contributed by atoms with van der Waals surface area (Å²) in [4.78, 5) is 51.8. The third kappa shape index (κ3) is 5.03.